The van der Waals surface area contributed by atoms with E-state index < -0.39 is 0 Å². The van der Waals surface area contributed by atoms with Crippen LogP contribution >= 0.6 is 0 Å². The molecule has 1 unspecified atom stereocenters. The first-order valence-corrected chi connectivity index (χ1v) is 11.5. The maximum Gasteiger partial charge on any atom is 0.190 e. The van der Waals surface area contributed by atoms with Gasteiger partial charge in [-0.25, -0.2) is 0 Å². The van der Waals surface area contributed by atoms with Crippen molar-refractivity contribution in [1.82, 2.24) is 4.57 Å². The average Bonchev–Trinajstić information content (AvgIpc) is 3.35. The number of fused-ring (bicyclic) bond motifs is 4. The fourth-order valence-corrected chi connectivity index (χ4v) is 5.31. The number of hydrogen-bond donors (Lipinski definition) is 0. The van der Waals surface area contributed by atoms with Gasteiger partial charge in [0.2, 0.25) is 0 Å². The summed E-state index contributed by atoms with van der Waals surface area (Å²) >= 11 is 0. The number of nitriles is 1. The fourth-order valence-electron chi connectivity index (χ4n) is 5.31. The number of aromatic nitrogens is 1. The van der Waals surface area contributed by atoms with Gasteiger partial charge in [-0.2, -0.15) is 5.26 Å². The number of carbonyl (C=O) groups excluding carboxylic acids is 1. The molecule has 1 aliphatic rings. The van der Waals surface area contributed by atoms with Gasteiger partial charge in [0.15, 0.2) is 5.78 Å². The van der Waals surface area contributed by atoms with Crippen LogP contribution < -0.4 is 0 Å². The summed E-state index contributed by atoms with van der Waals surface area (Å²) < 4.78 is 2.22. The van der Waals surface area contributed by atoms with E-state index in [1.54, 1.807) is 0 Å². The molecule has 0 amide bonds. The van der Waals surface area contributed by atoms with Crippen molar-refractivity contribution in [3.8, 4) is 6.07 Å². The maximum absolute atomic E-state index is 13.5. The Kier molecular flexibility index (Phi) is 4.86. The minimum atomic E-state index is -0.0717. The van der Waals surface area contributed by atoms with E-state index in [-0.39, 0.29) is 11.7 Å². The standard InChI is InChI=1S/C31H22N2O/c32-17-8-18-33-28-14-7-6-11-23(28)26-19-21(15-16-29(26)33)20-27-30(22-9-2-1-3-10-22)24-12-4-5-13-25(24)31(27)34/h1-7,9-16,19-20,30H,8,18H2/b27-20-. The van der Waals surface area contributed by atoms with Crippen LogP contribution in [0.4, 0.5) is 0 Å². The van der Waals surface area contributed by atoms with Crippen molar-refractivity contribution in [2.24, 2.45) is 0 Å². The highest BCUT2D eigenvalue weighted by Gasteiger charge is 2.35. The van der Waals surface area contributed by atoms with Crippen LogP contribution in [0.5, 0.6) is 0 Å². The van der Waals surface area contributed by atoms with Crippen molar-refractivity contribution in [1.29, 1.82) is 5.26 Å². The average molecular weight is 439 g/mol. The number of rotatable bonds is 4. The molecule has 6 rings (SSSR count). The van der Waals surface area contributed by atoms with Crippen molar-refractivity contribution in [2.75, 3.05) is 0 Å². The highest BCUT2D eigenvalue weighted by Crippen LogP contribution is 2.43. The van der Waals surface area contributed by atoms with Crippen molar-refractivity contribution >= 4 is 33.7 Å². The second-order valence-electron chi connectivity index (χ2n) is 8.71. The third-order valence-electron chi connectivity index (χ3n) is 6.79. The van der Waals surface area contributed by atoms with Crippen molar-refractivity contribution in [2.45, 2.75) is 18.9 Å². The lowest BCUT2D eigenvalue weighted by atomic mass is 9.89. The van der Waals surface area contributed by atoms with Crippen LogP contribution in [0.2, 0.25) is 0 Å². The zero-order valence-corrected chi connectivity index (χ0v) is 18.6. The molecular weight excluding hydrogens is 416 g/mol. The molecule has 5 aromatic rings. The minimum Gasteiger partial charge on any atom is -0.339 e. The summed E-state index contributed by atoms with van der Waals surface area (Å²) in [6.07, 6.45) is 2.52. The molecule has 3 nitrogen and oxygen atoms in total. The first-order chi connectivity index (χ1) is 16.8. The van der Waals surface area contributed by atoms with E-state index in [2.05, 4.69) is 65.2 Å². The summed E-state index contributed by atoms with van der Waals surface area (Å²) in [4.78, 5) is 13.5. The maximum atomic E-state index is 13.5. The molecule has 0 saturated heterocycles. The van der Waals surface area contributed by atoms with Gasteiger partial charge in [0, 0.05) is 45.4 Å². The van der Waals surface area contributed by atoms with Crippen LogP contribution in [0.25, 0.3) is 27.9 Å². The summed E-state index contributed by atoms with van der Waals surface area (Å²) in [5.74, 6) is 0.0265. The Bertz CT molecular complexity index is 1630. The summed E-state index contributed by atoms with van der Waals surface area (Å²) in [5.41, 5.74) is 7.04. The number of carbonyl (C=O) groups is 1. The SMILES string of the molecule is N#CCCn1c2ccccc2c2cc(/C=C3\C(=O)c4ccccc4C3c3ccccc3)ccc21. The molecule has 0 fully saturated rings. The van der Waals surface area contributed by atoms with E-state index in [0.29, 0.717) is 13.0 Å². The van der Waals surface area contributed by atoms with Crippen LogP contribution in [-0.4, -0.2) is 10.4 Å². The number of allylic oxidation sites excluding steroid dienone is 1. The Balaban J connectivity index is 1.53. The molecule has 1 atom stereocenters. The molecule has 3 heteroatoms. The summed E-state index contributed by atoms with van der Waals surface area (Å²) in [7, 11) is 0. The van der Waals surface area contributed by atoms with Gasteiger partial charge in [-0.1, -0.05) is 78.9 Å². The van der Waals surface area contributed by atoms with E-state index in [9.17, 15) is 4.79 Å². The molecule has 162 valence electrons. The molecule has 0 saturated carbocycles. The van der Waals surface area contributed by atoms with Crippen LogP contribution in [-0.2, 0) is 6.54 Å². The van der Waals surface area contributed by atoms with Crippen LogP contribution in [0.15, 0.2) is 103 Å². The molecule has 0 radical (unpaired) electrons. The molecule has 0 spiro atoms. The largest absolute Gasteiger partial charge is 0.339 e. The highest BCUT2D eigenvalue weighted by atomic mass is 16.1. The minimum absolute atomic E-state index is 0.0717. The first-order valence-electron chi connectivity index (χ1n) is 11.5. The van der Waals surface area contributed by atoms with Gasteiger partial charge in [0.05, 0.1) is 12.5 Å². The second kappa shape index (κ2) is 8.17. The van der Waals surface area contributed by atoms with Gasteiger partial charge < -0.3 is 4.57 Å². The van der Waals surface area contributed by atoms with E-state index in [4.69, 9.17) is 5.26 Å². The van der Waals surface area contributed by atoms with E-state index >= 15 is 0 Å². The zero-order valence-electron chi connectivity index (χ0n) is 18.6. The number of ketones is 1. The molecule has 1 aromatic heterocycles. The number of benzene rings is 4. The zero-order chi connectivity index (χ0) is 23.1. The summed E-state index contributed by atoms with van der Waals surface area (Å²) in [5, 5.41) is 11.4. The molecular formula is C31H22N2O. The monoisotopic (exact) mass is 438 g/mol. The number of nitrogens with zero attached hydrogens (tertiary/aromatic N) is 2. The van der Waals surface area contributed by atoms with E-state index in [1.165, 1.54) is 0 Å². The lowest BCUT2D eigenvalue weighted by molar-refractivity contribution is 0.103. The van der Waals surface area contributed by atoms with Gasteiger partial charge >= 0.3 is 0 Å². The normalized spacial score (nSPS) is 16.3. The Hall–Kier alpha value is -4.42. The van der Waals surface area contributed by atoms with Crippen LogP contribution in [0.3, 0.4) is 0 Å². The van der Waals surface area contributed by atoms with Gasteiger partial charge in [-0.05, 0) is 41.0 Å². The first kappa shape index (κ1) is 20.2. The van der Waals surface area contributed by atoms with Gasteiger partial charge in [0.1, 0.15) is 0 Å². The van der Waals surface area contributed by atoms with Gasteiger partial charge in [-0.15, -0.1) is 0 Å². The second-order valence-corrected chi connectivity index (χ2v) is 8.71. The molecule has 1 aliphatic carbocycles. The Labute approximate surface area is 198 Å². The third kappa shape index (κ3) is 3.16. The summed E-state index contributed by atoms with van der Waals surface area (Å²) in [6, 6.07) is 35.1. The summed E-state index contributed by atoms with van der Waals surface area (Å²) in [6.45, 7) is 0.658. The number of Topliss-reactive ketones (excluding diaryl/α,β-unsaturated/α-hetero) is 1. The Morgan fingerprint density at radius 1 is 0.824 bits per heavy atom. The lowest BCUT2D eigenvalue weighted by Crippen LogP contribution is -2.02. The van der Waals surface area contributed by atoms with Gasteiger partial charge in [-0.3, -0.25) is 4.79 Å². The number of para-hydroxylation sites is 1. The molecule has 0 bridgehead atoms. The number of hydrogen-bond acceptors (Lipinski definition) is 2. The molecule has 34 heavy (non-hydrogen) atoms. The Morgan fingerprint density at radius 3 is 2.41 bits per heavy atom. The van der Waals surface area contributed by atoms with Crippen molar-refractivity contribution in [3.63, 3.8) is 0 Å². The quantitative estimate of drug-likeness (QED) is 0.280. The van der Waals surface area contributed by atoms with Crippen molar-refractivity contribution in [3.05, 3.63) is 125 Å². The molecule has 1 heterocycles. The van der Waals surface area contributed by atoms with E-state index in [1.807, 2.05) is 48.5 Å². The van der Waals surface area contributed by atoms with E-state index in [0.717, 1.165) is 49.6 Å². The molecule has 0 aliphatic heterocycles. The highest BCUT2D eigenvalue weighted by molar-refractivity contribution is 6.17. The smallest absolute Gasteiger partial charge is 0.190 e. The fraction of sp³-hybridized carbons (Fsp3) is 0.0968. The number of aryl methyl sites for hydroxylation is 1. The molecule has 0 N–H and O–H groups in total. The van der Waals surface area contributed by atoms with Crippen LogP contribution in [0, 0.1) is 11.3 Å². The Morgan fingerprint density at radius 2 is 1.56 bits per heavy atom. The topological polar surface area (TPSA) is 45.8 Å². The third-order valence-corrected chi connectivity index (χ3v) is 6.79. The lowest BCUT2D eigenvalue weighted by Gasteiger charge is -2.14. The molecule has 4 aromatic carbocycles. The van der Waals surface area contributed by atoms with Crippen LogP contribution in [0.1, 0.15) is 39.4 Å². The predicted octanol–water partition coefficient (Wildman–Crippen LogP) is 7.12. The predicted molar refractivity (Wildman–Crippen MR) is 137 cm³/mol. The van der Waals surface area contributed by atoms with Crippen molar-refractivity contribution < 1.29 is 4.79 Å². The van der Waals surface area contributed by atoms with Gasteiger partial charge in [0.25, 0.3) is 0 Å².